The molecule has 0 amide bonds. The van der Waals surface area contributed by atoms with Crippen LogP contribution in [0, 0.1) is 18.3 Å². The summed E-state index contributed by atoms with van der Waals surface area (Å²) in [6.07, 6.45) is 2.33. The topological polar surface area (TPSA) is 63.0 Å². The second-order valence-corrected chi connectivity index (χ2v) is 3.72. The van der Waals surface area contributed by atoms with E-state index in [-0.39, 0.29) is 0 Å². The average molecular weight is 238 g/mol. The van der Waals surface area contributed by atoms with E-state index in [1.807, 2.05) is 13.0 Å². The lowest BCUT2D eigenvalue weighted by molar-refractivity contribution is 0.112. The minimum atomic E-state index is 0.328. The van der Waals surface area contributed by atoms with E-state index in [2.05, 4.69) is 4.98 Å². The molecule has 0 N–H and O–H groups in total. The summed E-state index contributed by atoms with van der Waals surface area (Å²) >= 11 is 0. The van der Waals surface area contributed by atoms with E-state index < -0.39 is 0 Å². The van der Waals surface area contributed by atoms with Crippen molar-refractivity contribution in [3.63, 3.8) is 0 Å². The van der Waals surface area contributed by atoms with E-state index in [0.29, 0.717) is 28.9 Å². The number of hydrogen-bond donors (Lipinski definition) is 0. The van der Waals surface area contributed by atoms with Gasteiger partial charge in [0, 0.05) is 23.5 Å². The summed E-state index contributed by atoms with van der Waals surface area (Å²) in [5, 5.41) is 9.01. The maximum atomic E-state index is 10.6. The van der Waals surface area contributed by atoms with Gasteiger partial charge in [-0.2, -0.15) is 5.26 Å². The van der Waals surface area contributed by atoms with Crippen molar-refractivity contribution in [1.29, 1.82) is 5.26 Å². The molecule has 0 unspecified atom stereocenters. The summed E-state index contributed by atoms with van der Waals surface area (Å²) < 4.78 is 5.60. The molecule has 0 spiro atoms. The molecule has 0 bridgehead atoms. The lowest BCUT2D eigenvalue weighted by Gasteiger charge is -2.07. The fraction of sp³-hybridized carbons (Fsp3) is 0.0714. The first kappa shape index (κ1) is 11.8. The monoisotopic (exact) mass is 238 g/mol. The minimum absolute atomic E-state index is 0.328. The van der Waals surface area contributed by atoms with Gasteiger partial charge in [-0.25, -0.2) is 0 Å². The van der Waals surface area contributed by atoms with Gasteiger partial charge in [0.2, 0.25) is 0 Å². The zero-order valence-electron chi connectivity index (χ0n) is 9.75. The third-order valence-electron chi connectivity index (χ3n) is 2.36. The second kappa shape index (κ2) is 5.11. The molecule has 4 heteroatoms. The second-order valence-electron chi connectivity index (χ2n) is 3.72. The standard InChI is InChI=1S/C14H10N2O2/c1-10-6-13(4-5-16-10)18-14-3-2-11(9-17)7-12(14)8-15/h2-7,9H,1H3. The molecule has 0 atom stereocenters. The number of aromatic nitrogens is 1. The number of ether oxygens (including phenoxy) is 1. The van der Waals surface area contributed by atoms with Crippen LogP contribution in [0.1, 0.15) is 21.6 Å². The van der Waals surface area contributed by atoms with Crippen LogP contribution in [0.25, 0.3) is 0 Å². The van der Waals surface area contributed by atoms with E-state index in [1.165, 1.54) is 6.07 Å². The fourth-order valence-electron chi connectivity index (χ4n) is 1.51. The van der Waals surface area contributed by atoms with E-state index in [4.69, 9.17) is 10.00 Å². The zero-order chi connectivity index (χ0) is 13.0. The predicted molar refractivity (Wildman–Crippen MR) is 65.6 cm³/mol. The molecule has 0 aliphatic heterocycles. The number of nitrogens with zero attached hydrogens (tertiary/aromatic N) is 2. The number of nitriles is 1. The predicted octanol–water partition coefficient (Wildman–Crippen LogP) is 2.87. The maximum absolute atomic E-state index is 10.6. The number of hydrogen-bond acceptors (Lipinski definition) is 4. The van der Waals surface area contributed by atoms with Crippen molar-refractivity contribution in [3.05, 3.63) is 53.3 Å². The summed E-state index contributed by atoms with van der Waals surface area (Å²) in [5.41, 5.74) is 1.61. The normalized spacial score (nSPS) is 9.56. The molecule has 2 aromatic rings. The van der Waals surface area contributed by atoms with Crippen LogP contribution in [0.3, 0.4) is 0 Å². The Balaban J connectivity index is 2.35. The fourth-order valence-corrected chi connectivity index (χ4v) is 1.51. The van der Waals surface area contributed by atoms with Gasteiger partial charge in [-0.3, -0.25) is 9.78 Å². The van der Waals surface area contributed by atoms with Gasteiger partial charge in [0.05, 0.1) is 5.56 Å². The summed E-state index contributed by atoms with van der Waals surface area (Å²) in [7, 11) is 0. The third kappa shape index (κ3) is 2.53. The highest BCUT2D eigenvalue weighted by molar-refractivity contribution is 5.76. The van der Waals surface area contributed by atoms with E-state index >= 15 is 0 Å². The highest BCUT2D eigenvalue weighted by Gasteiger charge is 2.06. The van der Waals surface area contributed by atoms with Crippen LogP contribution < -0.4 is 4.74 Å². The number of carbonyl (C=O) groups excluding carboxylic acids is 1. The first-order valence-corrected chi connectivity index (χ1v) is 5.33. The van der Waals surface area contributed by atoms with E-state index in [9.17, 15) is 4.79 Å². The molecule has 0 aliphatic carbocycles. The molecule has 88 valence electrons. The van der Waals surface area contributed by atoms with Gasteiger partial charge in [0.15, 0.2) is 0 Å². The number of pyridine rings is 1. The smallest absolute Gasteiger partial charge is 0.150 e. The summed E-state index contributed by atoms with van der Waals surface area (Å²) in [5.74, 6) is 1.03. The van der Waals surface area contributed by atoms with Gasteiger partial charge in [0.25, 0.3) is 0 Å². The van der Waals surface area contributed by atoms with Crippen LogP contribution in [0.4, 0.5) is 0 Å². The van der Waals surface area contributed by atoms with Crippen LogP contribution >= 0.6 is 0 Å². The quantitative estimate of drug-likeness (QED) is 0.771. The Kier molecular flexibility index (Phi) is 3.35. The number of rotatable bonds is 3. The summed E-state index contributed by atoms with van der Waals surface area (Å²) in [6, 6.07) is 10.2. The molecule has 4 nitrogen and oxygen atoms in total. The SMILES string of the molecule is Cc1cc(Oc2ccc(C=O)cc2C#N)ccn1. The van der Waals surface area contributed by atoms with Crippen molar-refractivity contribution in [2.24, 2.45) is 0 Å². The lowest BCUT2D eigenvalue weighted by atomic mass is 10.1. The Labute approximate surface area is 104 Å². The molecule has 2 rings (SSSR count). The molecular weight excluding hydrogens is 228 g/mol. The Morgan fingerprint density at radius 3 is 2.83 bits per heavy atom. The molecule has 1 heterocycles. The average Bonchev–Trinajstić information content (AvgIpc) is 2.39. The van der Waals surface area contributed by atoms with Crippen molar-refractivity contribution in [2.75, 3.05) is 0 Å². The van der Waals surface area contributed by atoms with Crippen molar-refractivity contribution >= 4 is 6.29 Å². The highest BCUT2D eigenvalue weighted by atomic mass is 16.5. The van der Waals surface area contributed by atoms with Crippen molar-refractivity contribution < 1.29 is 9.53 Å². The zero-order valence-corrected chi connectivity index (χ0v) is 9.75. The first-order chi connectivity index (χ1) is 8.72. The third-order valence-corrected chi connectivity index (χ3v) is 2.36. The molecule has 0 radical (unpaired) electrons. The number of aryl methyl sites for hydroxylation is 1. The lowest BCUT2D eigenvalue weighted by Crippen LogP contribution is -1.91. The Bertz CT molecular complexity index is 630. The van der Waals surface area contributed by atoms with Crippen LogP contribution in [0.15, 0.2) is 36.5 Å². The van der Waals surface area contributed by atoms with Crippen LogP contribution in [0.2, 0.25) is 0 Å². The van der Waals surface area contributed by atoms with Gasteiger partial charge in [0.1, 0.15) is 23.9 Å². The van der Waals surface area contributed by atoms with Crippen LogP contribution in [-0.4, -0.2) is 11.3 Å². The van der Waals surface area contributed by atoms with Gasteiger partial charge in [-0.05, 0) is 31.2 Å². The molecule has 0 aliphatic rings. The van der Waals surface area contributed by atoms with E-state index in [0.717, 1.165) is 5.69 Å². The van der Waals surface area contributed by atoms with Crippen LogP contribution in [-0.2, 0) is 0 Å². The van der Waals surface area contributed by atoms with Gasteiger partial charge in [-0.15, -0.1) is 0 Å². The van der Waals surface area contributed by atoms with Crippen LogP contribution in [0.5, 0.6) is 11.5 Å². The molecule has 18 heavy (non-hydrogen) atoms. The summed E-state index contributed by atoms with van der Waals surface area (Å²) in [4.78, 5) is 14.7. The highest BCUT2D eigenvalue weighted by Crippen LogP contribution is 2.25. The van der Waals surface area contributed by atoms with Crippen molar-refractivity contribution in [1.82, 2.24) is 4.98 Å². The first-order valence-electron chi connectivity index (χ1n) is 5.33. The van der Waals surface area contributed by atoms with Gasteiger partial charge < -0.3 is 4.74 Å². The van der Waals surface area contributed by atoms with Crippen molar-refractivity contribution in [3.8, 4) is 17.6 Å². The number of aldehydes is 1. The molecule has 0 saturated heterocycles. The van der Waals surface area contributed by atoms with E-state index in [1.54, 1.807) is 30.5 Å². The van der Waals surface area contributed by atoms with Crippen molar-refractivity contribution in [2.45, 2.75) is 6.92 Å². The Hall–Kier alpha value is -2.67. The molecule has 1 aromatic heterocycles. The maximum Gasteiger partial charge on any atom is 0.150 e. The Morgan fingerprint density at radius 2 is 2.17 bits per heavy atom. The number of benzene rings is 1. The largest absolute Gasteiger partial charge is 0.456 e. The molecule has 0 saturated carbocycles. The molecule has 1 aromatic carbocycles. The summed E-state index contributed by atoms with van der Waals surface area (Å²) in [6.45, 7) is 1.85. The van der Waals surface area contributed by atoms with Gasteiger partial charge in [-0.1, -0.05) is 0 Å². The number of carbonyl (C=O) groups is 1. The Morgan fingerprint density at radius 1 is 1.33 bits per heavy atom. The van der Waals surface area contributed by atoms with Gasteiger partial charge >= 0.3 is 0 Å². The molecule has 0 fully saturated rings. The minimum Gasteiger partial charge on any atom is -0.456 e. The molecular formula is C14H10N2O2.